The number of nitrogens with one attached hydrogen (secondary N) is 1. The number of anilines is 1. The third-order valence-electron chi connectivity index (χ3n) is 5.77. The second kappa shape index (κ2) is 7.68. The van der Waals surface area contributed by atoms with Gasteiger partial charge in [0.25, 0.3) is 5.56 Å². The van der Waals surface area contributed by atoms with Gasteiger partial charge in [0.15, 0.2) is 11.2 Å². The number of rotatable bonds is 4. The second-order valence-electron chi connectivity index (χ2n) is 7.69. The Bertz CT molecular complexity index is 1180. The van der Waals surface area contributed by atoms with E-state index in [4.69, 9.17) is 17.3 Å². The molecule has 4 rings (SSSR count). The van der Waals surface area contributed by atoms with Gasteiger partial charge in [0.1, 0.15) is 0 Å². The summed E-state index contributed by atoms with van der Waals surface area (Å²) in [6, 6.07) is 7.57. The first-order valence-corrected chi connectivity index (χ1v) is 10.2. The lowest BCUT2D eigenvalue weighted by atomic mass is 9.91. The van der Waals surface area contributed by atoms with Gasteiger partial charge in [0, 0.05) is 31.2 Å². The number of hydrogen-bond acceptors (Lipinski definition) is 5. The largest absolute Gasteiger partial charge is 0.351 e. The normalized spacial score (nSPS) is 19.6. The molecule has 0 spiro atoms. The van der Waals surface area contributed by atoms with Gasteiger partial charge in [-0.05, 0) is 24.5 Å². The molecule has 29 heavy (non-hydrogen) atoms. The maximum Gasteiger partial charge on any atom is 0.332 e. The fourth-order valence-corrected chi connectivity index (χ4v) is 4.21. The predicted molar refractivity (Wildman–Crippen MR) is 115 cm³/mol. The van der Waals surface area contributed by atoms with Crippen molar-refractivity contribution in [3.63, 3.8) is 0 Å². The molecule has 2 atom stereocenters. The summed E-state index contributed by atoms with van der Waals surface area (Å²) in [5.41, 5.74) is 7.09. The Morgan fingerprint density at radius 1 is 1.17 bits per heavy atom. The lowest BCUT2D eigenvalue weighted by Gasteiger charge is -2.29. The van der Waals surface area contributed by atoms with Gasteiger partial charge < -0.3 is 11.1 Å². The third kappa shape index (κ3) is 3.47. The summed E-state index contributed by atoms with van der Waals surface area (Å²) in [4.78, 5) is 30.0. The summed E-state index contributed by atoms with van der Waals surface area (Å²) in [6.07, 6.45) is 4.09. The van der Waals surface area contributed by atoms with Crippen molar-refractivity contribution >= 4 is 28.7 Å². The van der Waals surface area contributed by atoms with Crippen LogP contribution in [0.4, 0.5) is 5.95 Å². The van der Waals surface area contributed by atoms with Gasteiger partial charge in [-0.25, -0.2) is 4.79 Å². The number of hydrogen-bond donors (Lipinski definition) is 2. The van der Waals surface area contributed by atoms with Crippen LogP contribution in [0.2, 0.25) is 5.02 Å². The van der Waals surface area contributed by atoms with E-state index < -0.39 is 5.69 Å². The van der Waals surface area contributed by atoms with Crippen LogP contribution >= 0.6 is 11.6 Å². The molecule has 1 aliphatic rings. The molecule has 0 aliphatic heterocycles. The van der Waals surface area contributed by atoms with Crippen molar-refractivity contribution in [1.82, 2.24) is 18.7 Å². The van der Waals surface area contributed by atoms with Gasteiger partial charge >= 0.3 is 5.69 Å². The third-order valence-corrected chi connectivity index (χ3v) is 6.14. The summed E-state index contributed by atoms with van der Waals surface area (Å²) in [5, 5.41) is 4.05. The first-order chi connectivity index (χ1) is 13.9. The Morgan fingerprint density at radius 3 is 2.62 bits per heavy atom. The zero-order chi connectivity index (χ0) is 20.7. The van der Waals surface area contributed by atoms with Crippen LogP contribution in [0.15, 0.2) is 33.9 Å². The van der Waals surface area contributed by atoms with Crippen molar-refractivity contribution in [3.8, 4) is 0 Å². The average Bonchev–Trinajstić information content (AvgIpc) is 3.06. The Morgan fingerprint density at radius 2 is 1.90 bits per heavy atom. The number of benzene rings is 1. The van der Waals surface area contributed by atoms with Crippen molar-refractivity contribution in [2.24, 2.45) is 19.8 Å². The monoisotopic (exact) mass is 416 g/mol. The minimum Gasteiger partial charge on any atom is -0.351 e. The first-order valence-electron chi connectivity index (χ1n) is 9.80. The number of halogens is 1. The zero-order valence-corrected chi connectivity index (χ0v) is 17.3. The SMILES string of the molecule is Cn1c(=O)c2c(nc(N[C@@H]3CCCC[C@@H]3N)n2Cc2ccccc2Cl)n(C)c1=O. The molecular weight excluding hydrogens is 392 g/mol. The van der Waals surface area contributed by atoms with Gasteiger partial charge in [0.2, 0.25) is 5.95 Å². The fraction of sp³-hybridized carbons (Fsp3) is 0.450. The zero-order valence-electron chi connectivity index (χ0n) is 16.6. The molecule has 8 nitrogen and oxygen atoms in total. The minimum atomic E-state index is -0.411. The van der Waals surface area contributed by atoms with Crippen molar-refractivity contribution in [2.45, 2.75) is 44.3 Å². The van der Waals surface area contributed by atoms with E-state index in [1.165, 1.54) is 11.6 Å². The van der Waals surface area contributed by atoms with E-state index >= 15 is 0 Å². The summed E-state index contributed by atoms with van der Waals surface area (Å²) in [6.45, 7) is 0.355. The predicted octanol–water partition coefficient (Wildman–Crippen LogP) is 1.82. The highest BCUT2D eigenvalue weighted by molar-refractivity contribution is 6.31. The highest BCUT2D eigenvalue weighted by Crippen LogP contribution is 2.25. The van der Waals surface area contributed by atoms with Gasteiger partial charge in [-0.3, -0.25) is 18.5 Å². The van der Waals surface area contributed by atoms with Gasteiger partial charge in [-0.15, -0.1) is 0 Å². The van der Waals surface area contributed by atoms with Crippen LogP contribution in [0.1, 0.15) is 31.2 Å². The molecule has 0 unspecified atom stereocenters. The molecule has 3 N–H and O–H groups in total. The number of nitrogens with zero attached hydrogens (tertiary/aromatic N) is 4. The van der Waals surface area contributed by atoms with E-state index in [1.54, 1.807) is 11.6 Å². The van der Waals surface area contributed by atoms with Crippen molar-refractivity contribution < 1.29 is 0 Å². The van der Waals surface area contributed by atoms with Crippen LogP contribution in [-0.4, -0.2) is 30.8 Å². The molecule has 1 aromatic carbocycles. The molecular formula is C20H25ClN6O2. The van der Waals surface area contributed by atoms with E-state index in [-0.39, 0.29) is 17.6 Å². The van der Waals surface area contributed by atoms with Gasteiger partial charge in [0.05, 0.1) is 6.54 Å². The van der Waals surface area contributed by atoms with Crippen molar-refractivity contribution in [1.29, 1.82) is 0 Å². The van der Waals surface area contributed by atoms with Gasteiger partial charge in [-0.1, -0.05) is 42.6 Å². The molecule has 0 saturated heterocycles. The number of nitrogens with two attached hydrogens (primary N) is 1. The molecule has 1 fully saturated rings. The Kier molecular flexibility index (Phi) is 5.23. The van der Waals surface area contributed by atoms with Crippen LogP contribution in [-0.2, 0) is 20.6 Å². The van der Waals surface area contributed by atoms with Crippen LogP contribution in [0.25, 0.3) is 11.2 Å². The van der Waals surface area contributed by atoms with Crippen molar-refractivity contribution in [3.05, 3.63) is 55.7 Å². The number of aryl methyl sites for hydroxylation is 1. The van der Waals surface area contributed by atoms with E-state index in [0.717, 1.165) is 35.8 Å². The fourth-order valence-electron chi connectivity index (χ4n) is 4.01. The highest BCUT2D eigenvalue weighted by Gasteiger charge is 2.26. The standard InChI is InChI=1S/C20H25ClN6O2/c1-25-17-16(18(28)26(2)20(25)29)27(11-12-7-3-4-8-13(12)21)19(24-17)23-15-10-6-5-9-14(15)22/h3-4,7-8,14-15H,5-6,9-11,22H2,1-2H3,(H,23,24)/t14-,15+/m0/s1. The molecule has 2 heterocycles. The molecule has 2 aromatic heterocycles. The van der Waals surface area contributed by atoms with Crippen LogP contribution in [0.5, 0.6) is 0 Å². The van der Waals surface area contributed by atoms with E-state index in [1.807, 2.05) is 24.3 Å². The smallest absolute Gasteiger partial charge is 0.332 e. The molecule has 0 radical (unpaired) electrons. The molecule has 1 saturated carbocycles. The average molecular weight is 417 g/mol. The first kappa shape index (κ1) is 19.7. The summed E-state index contributed by atoms with van der Waals surface area (Å²) >= 11 is 6.37. The number of fused-ring (bicyclic) bond motifs is 1. The minimum absolute atomic E-state index is 0.0176. The summed E-state index contributed by atoms with van der Waals surface area (Å²) in [5.74, 6) is 0.528. The lowest BCUT2D eigenvalue weighted by Crippen LogP contribution is -2.43. The van der Waals surface area contributed by atoms with E-state index in [9.17, 15) is 9.59 Å². The lowest BCUT2D eigenvalue weighted by molar-refractivity contribution is 0.401. The van der Waals surface area contributed by atoms with E-state index in [0.29, 0.717) is 28.7 Å². The second-order valence-corrected chi connectivity index (χ2v) is 8.10. The molecule has 3 aromatic rings. The molecule has 1 aliphatic carbocycles. The maximum absolute atomic E-state index is 13.0. The highest BCUT2D eigenvalue weighted by atomic mass is 35.5. The Hall–Kier alpha value is -2.58. The molecule has 9 heteroatoms. The van der Waals surface area contributed by atoms with Gasteiger partial charge in [-0.2, -0.15) is 4.98 Å². The summed E-state index contributed by atoms with van der Waals surface area (Å²) in [7, 11) is 3.09. The molecule has 0 bridgehead atoms. The van der Waals surface area contributed by atoms with Crippen LogP contribution < -0.4 is 22.3 Å². The molecule has 0 amide bonds. The van der Waals surface area contributed by atoms with Crippen molar-refractivity contribution in [2.75, 3.05) is 5.32 Å². The maximum atomic E-state index is 13.0. The number of aromatic nitrogens is 4. The van der Waals surface area contributed by atoms with Crippen LogP contribution in [0, 0.1) is 0 Å². The molecule has 154 valence electrons. The Balaban J connectivity index is 1.90. The Labute approximate surface area is 172 Å². The topological polar surface area (TPSA) is 99.9 Å². The van der Waals surface area contributed by atoms with Crippen LogP contribution in [0.3, 0.4) is 0 Å². The summed E-state index contributed by atoms with van der Waals surface area (Å²) < 4.78 is 4.30. The van der Waals surface area contributed by atoms with E-state index in [2.05, 4.69) is 10.3 Å². The quantitative estimate of drug-likeness (QED) is 0.675. The number of imidazole rings is 1.